The van der Waals surface area contributed by atoms with E-state index < -0.39 is 62.3 Å². The molecule has 0 aromatic heterocycles. The van der Waals surface area contributed by atoms with Gasteiger partial charge in [0.25, 0.3) is 22.7 Å². The summed E-state index contributed by atoms with van der Waals surface area (Å²) in [6.07, 6.45) is 0.00757. The first-order chi connectivity index (χ1) is 16.2. The molecule has 0 unspecified atom stereocenters. The van der Waals surface area contributed by atoms with Crippen LogP contribution in [0.2, 0.25) is 10.0 Å². The van der Waals surface area contributed by atoms with E-state index in [9.17, 15) is 48.9 Å². The maximum Gasteiger partial charge on any atom is 0.295 e. The molecule has 0 bridgehead atoms. The molecule has 0 heterocycles. The third kappa shape index (κ3) is 7.27. The van der Waals surface area contributed by atoms with Crippen molar-refractivity contribution in [2.45, 2.75) is 25.7 Å². The smallest absolute Gasteiger partial charge is 0.258 e. The molecule has 0 aliphatic rings. The van der Waals surface area contributed by atoms with Gasteiger partial charge in [0, 0.05) is 24.3 Å². The highest BCUT2D eigenvalue weighted by atomic mass is 35.5. The zero-order valence-electron chi connectivity index (χ0n) is 17.6. The number of halogens is 2. The number of rotatable bonds is 12. The molecule has 0 saturated heterocycles. The van der Waals surface area contributed by atoms with E-state index in [2.05, 4.69) is 0 Å². The minimum Gasteiger partial charge on any atom is -0.258 e. The summed E-state index contributed by atoms with van der Waals surface area (Å²) in [5.41, 5.74) is -2.31. The monoisotopic (exact) mass is 550 g/mol. The zero-order chi connectivity index (χ0) is 26.5. The van der Waals surface area contributed by atoms with Crippen molar-refractivity contribution in [2.75, 3.05) is 11.5 Å². The zero-order valence-corrected chi connectivity index (χ0v) is 19.9. The summed E-state index contributed by atoms with van der Waals surface area (Å²) in [6.45, 7) is 0. The van der Waals surface area contributed by atoms with Crippen LogP contribution in [0.1, 0.15) is 24.0 Å². The Morgan fingerprint density at radius 2 is 0.857 bits per heavy atom. The van der Waals surface area contributed by atoms with Crippen LogP contribution in [0, 0.1) is 40.5 Å². The standard InChI is InChI=1S/C18H16Cl2N4O10S/c19-17-13(21(25)26)7-11(8-14(17)22(27)28)3-1-5-35(33,34)6-2-4-12-9-15(23(29)30)18(20)16(10-12)24(31)32/h7-10H,1-6H2. The molecule has 14 nitrogen and oxygen atoms in total. The van der Waals surface area contributed by atoms with Crippen molar-refractivity contribution >= 4 is 55.8 Å². The maximum atomic E-state index is 12.3. The Hall–Kier alpha value is -3.43. The number of aryl methyl sites for hydroxylation is 2. The molecule has 0 spiro atoms. The molecule has 0 amide bonds. The third-order valence-corrected chi connectivity index (χ3v) is 7.41. The average Bonchev–Trinajstić information content (AvgIpc) is 2.74. The lowest BCUT2D eigenvalue weighted by atomic mass is 10.1. The molecule has 0 saturated carbocycles. The Bertz CT molecular complexity index is 1150. The summed E-state index contributed by atoms with van der Waals surface area (Å²) in [5, 5.41) is 43.0. The van der Waals surface area contributed by atoms with Gasteiger partial charge >= 0.3 is 0 Å². The van der Waals surface area contributed by atoms with Gasteiger partial charge in [-0.15, -0.1) is 0 Å². The lowest BCUT2D eigenvalue weighted by Gasteiger charge is -2.07. The average molecular weight is 551 g/mol. The van der Waals surface area contributed by atoms with Crippen molar-refractivity contribution in [3.05, 3.63) is 85.9 Å². The van der Waals surface area contributed by atoms with E-state index in [1.54, 1.807) is 0 Å². The molecule has 2 aromatic rings. The molecule has 0 aliphatic heterocycles. The van der Waals surface area contributed by atoms with Crippen LogP contribution in [0.3, 0.4) is 0 Å². The van der Waals surface area contributed by atoms with Crippen molar-refractivity contribution < 1.29 is 28.1 Å². The topological polar surface area (TPSA) is 207 Å². The quantitative estimate of drug-likeness (QED) is 0.264. The molecule has 17 heteroatoms. The molecule has 0 radical (unpaired) electrons. The van der Waals surface area contributed by atoms with Crippen molar-refractivity contribution in [3.63, 3.8) is 0 Å². The van der Waals surface area contributed by atoms with Gasteiger partial charge in [-0.25, -0.2) is 8.42 Å². The normalized spacial score (nSPS) is 11.3. The van der Waals surface area contributed by atoms with Crippen LogP contribution in [-0.4, -0.2) is 39.6 Å². The van der Waals surface area contributed by atoms with E-state index >= 15 is 0 Å². The lowest BCUT2D eigenvalue weighted by molar-refractivity contribution is -0.394. The van der Waals surface area contributed by atoms with Crippen LogP contribution < -0.4 is 0 Å². The predicted octanol–water partition coefficient (Wildman–Crippen LogP) is 4.61. The first-order valence-corrected chi connectivity index (χ1v) is 12.2. The van der Waals surface area contributed by atoms with Gasteiger partial charge in [-0.3, -0.25) is 40.5 Å². The Morgan fingerprint density at radius 3 is 1.09 bits per heavy atom. The second kappa shape index (κ2) is 11.3. The number of nitro groups is 4. The predicted molar refractivity (Wildman–Crippen MR) is 125 cm³/mol. The highest BCUT2D eigenvalue weighted by molar-refractivity contribution is 7.91. The van der Waals surface area contributed by atoms with Gasteiger partial charge in [0.15, 0.2) is 10.0 Å². The van der Waals surface area contributed by atoms with E-state index in [1.165, 1.54) is 0 Å². The van der Waals surface area contributed by atoms with Crippen LogP contribution in [0.25, 0.3) is 0 Å². The van der Waals surface area contributed by atoms with Crippen LogP contribution in [0.5, 0.6) is 0 Å². The fraction of sp³-hybridized carbons (Fsp3) is 0.333. The van der Waals surface area contributed by atoms with Crippen LogP contribution >= 0.6 is 23.2 Å². The van der Waals surface area contributed by atoms with E-state index in [-0.39, 0.29) is 48.3 Å². The Kier molecular flexibility index (Phi) is 9.00. The fourth-order valence-corrected chi connectivity index (χ4v) is 5.08. The molecule has 0 N–H and O–H groups in total. The highest BCUT2D eigenvalue weighted by Crippen LogP contribution is 2.36. The summed E-state index contributed by atoms with van der Waals surface area (Å²) in [4.78, 5) is 40.8. The van der Waals surface area contributed by atoms with Gasteiger partial charge < -0.3 is 0 Å². The Morgan fingerprint density at radius 1 is 0.600 bits per heavy atom. The molecule has 188 valence electrons. The molecule has 0 aliphatic carbocycles. The highest BCUT2D eigenvalue weighted by Gasteiger charge is 2.26. The summed E-state index contributed by atoms with van der Waals surface area (Å²) < 4.78 is 24.7. The van der Waals surface area contributed by atoms with Crippen molar-refractivity contribution in [1.29, 1.82) is 0 Å². The van der Waals surface area contributed by atoms with E-state index in [1.807, 2.05) is 0 Å². The molecule has 35 heavy (non-hydrogen) atoms. The second-order valence-corrected chi connectivity index (χ2v) is 10.3. The number of hydrogen-bond donors (Lipinski definition) is 0. The second-order valence-electron chi connectivity index (χ2n) is 7.28. The minimum atomic E-state index is -3.63. The van der Waals surface area contributed by atoms with E-state index in [4.69, 9.17) is 23.2 Å². The molecule has 0 fully saturated rings. The molecular formula is C18H16Cl2N4O10S. The van der Waals surface area contributed by atoms with E-state index in [0.717, 1.165) is 24.3 Å². The number of sulfone groups is 1. The van der Waals surface area contributed by atoms with Crippen LogP contribution in [0.4, 0.5) is 22.7 Å². The first kappa shape index (κ1) is 27.8. The summed E-state index contributed by atoms with van der Waals surface area (Å²) in [7, 11) is -3.63. The van der Waals surface area contributed by atoms with E-state index in [0.29, 0.717) is 0 Å². The summed E-state index contributed by atoms with van der Waals surface area (Å²) >= 11 is 11.4. The Labute approximate surface area is 207 Å². The van der Waals surface area contributed by atoms with Gasteiger partial charge in [-0.2, -0.15) is 0 Å². The van der Waals surface area contributed by atoms with Gasteiger partial charge in [0.2, 0.25) is 0 Å². The minimum absolute atomic E-state index is 0.00630. The maximum absolute atomic E-state index is 12.3. The SMILES string of the molecule is O=[N+]([O-])c1cc(CCCS(=O)(=O)CCCc2cc([N+](=O)[O-])c(Cl)c([N+](=O)[O-])c2)cc([N+](=O)[O-])c1Cl. The largest absolute Gasteiger partial charge is 0.295 e. The first-order valence-electron chi connectivity index (χ1n) is 9.66. The number of benzene rings is 2. The van der Waals surface area contributed by atoms with Gasteiger partial charge in [-0.05, 0) is 36.8 Å². The van der Waals surface area contributed by atoms with Crippen LogP contribution in [0.15, 0.2) is 24.3 Å². The molecule has 2 rings (SSSR count). The number of nitro benzene ring substituents is 4. The van der Waals surface area contributed by atoms with Crippen LogP contribution in [-0.2, 0) is 22.7 Å². The van der Waals surface area contributed by atoms with Crippen molar-refractivity contribution in [1.82, 2.24) is 0 Å². The number of hydrogen-bond acceptors (Lipinski definition) is 10. The number of nitrogens with zero attached hydrogens (tertiary/aromatic N) is 4. The lowest BCUT2D eigenvalue weighted by Crippen LogP contribution is -2.13. The fourth-order valence-electron chi connectivity index (χ4n) is 3.22. The Balaban J connectivity index is 2.03. The van der Waals surface area contributed by atoms with Gasteiger partial charge in [-0.1, -0.05) is 23.2 Å². The summed E-state index contributed by atoms with van der Waals surface area (Å²) in [5.74, 6) is -0.670. The van der Waals surface area contributed by atoms with Gasteiger partial charge in [0.05, 0.1) is 31.2 Å². The van der Waals surface area contributed by atoms with Crippen molar-refractivity contribution in [2.24, 2.45) is 0 Å². The van der Waals surface area contributed by atoms with Crippen molar-refractivity contribution in [3.8, 4) is 0 Å². The van der Waals surface area contributed by atoms with Gasteiger partial charge in [0.1, 0.15) is 9.84 Å². The molecule has 0 atom stereocenters. The summed E-state index contributed by atoms with van der Waals surface area (Å²) in [6, 6.07) is 4.18. The molecule has 2 aromatic carbocycles. The third-order valence-electron chi connectivity index (χ3n) is 4.82. The molecular weight excluding hydrogens is 535 g/mol.